The molecule has 0 saturated carbocycles. The van der Waals surface area contributed by atoms with Gasteiger partial charge in [-0.05, 0) is 48.2 Å². The minimum Gasteiger partial charge on any atom is -0.204 e. The van der Waals surface area contributed by atoms with Crippen LogP contribution in [-0.4, -0.2) is 0 Å². The van der Waals surface area contributed by atoms with Gasteiger partial charge >= 0.3 is 0 Å². The molecule has 1 unspecified atom stereocenters. The normalized spacial score (nSPS) is 12.5. The van der Waals surface area contributed by atoms with Crippen molar-refractivity contribution in [3.63, 3.8) is 0 Å². The van der Waals surface area contributed by atoms with Crippen LogP contribution in [-0.2, 0) is 6.42 Å². The Balaban J connectivity index is 2.23. The van der Waals surface area contributed by atoms with Crippen LogP contribution in [0.25, 0.3) is 0 Å². The van der Waals surface area contributed by atoms with Crippen LogP contribution in [0.2, 0.25) is 0 Å². The molecular formula is C15H12BrClF2. The summed E-state index contributed by atoms with van der Waals surface area (Å²) in [7, 11) is 0. The lowest BCUT2D eigenvalue weighted by Gasteiger charge is -2.14. The molecule has 100 valence electrons. The average Bonchev–Trinajstić information content (AvgIpc) is 2.37. The van der Waals surface area contributed by atoms with Crippen molar-refractivity contribution in [3.8, 4) is 0 Å². The lowest BCUT2D eigenvalue weighted by Crippen LogP contribution is -2.00. The Kier molecular flexibility index (Phi) is 4.58. The Bertz CT molecular complexity index is 599. The summed E-state index contributed by atoms with van der Waals surface area (Å²) in [5.74, 6) is -1.68. The Hall–Kier alpha value is -0.930. The first-order valence-electron chi connectivity index (χ1n) is 5.82. The molecule has 2 aromatic rings. The molecule has 0 N–H and O–H groups in total. The van der Waals surface area contributed by atoms with Crippen molar-refractivity contribution in [3.05, 3.63) is 69.2 Å². The predicted molar refractivity (Wildman–Crippen MR) is 77.5 cm³/mol. The minimum absolute atomic E-state index is 0.276. The van der Waals surface area contributed by atoms with Crippen molar-refractivity contribution < 1.29 is 8.78 Å². The second-order valence-electron chi connectivity index (χ2n) is 4.37. The Morgan fingerprint density at radius 1 is 1.16 bits per heavy atom. The highest BCUT2D eigenvalue weighted by Gasteiger charge is 2.14. The van der Waals surface area contributed by atoms with Crippen molar-refractivity contribution in [2.24, 2.45) is 0 Å². The molecular weight excluding hydrogens is 334 g/mol. The molecule has 0 nitrogen and oxygen atoms in total. The first-order chi connectivity index (χ1) is 8.99. The molecule has 2 rings (SSSR count). The Morgan fingerprint density at radius 3 is 2.58 bits per heavy atom. The lowest BCUT2D eigenvalue weighted by molar-refractivity contribution is 0.507. The van der Waals surface area contributed by atoms with Gasteiger partial charge in [0.1, 0.15) is 0 Å². The van der Waals surface area contributed by atoms with E-state index >= 15 is 0 Å². The molecule has 0 aromatic heterocycles. The number of rotatable bonds is 3. The van der Waals surface area contributed by atoms with Gasteiger partial charge in [-0.1, -0.05) is 34.1 Å². The highest BCUT2D eigenvalue weighted by molar-refractivity contribution is 9.10. The number of halogens is 4. The summed E-state index contributed by atoms with van der Waals surface area (Å²) in [6.07, 6.45) is 0.454. The van der Waals surface area contributed by atoms with Gasteiger partial charge in [0.25, 0.3) is 0 Å². The molecule has 0 aliphatic carbocycles. The summed E-state index contributed by atoms with van der Waals surface area (Å²) in [6.45, 7) is 1.97. The van der Waals surface area contributed by atoms with Crippen molar-refractivity contribution >= 4 is 27.5 Å². The largest absolute Gasteiger partial charge is 0.204 e. The van der Waals surface area contributed by atoms with E-state index in [9.17, 15) is 8.78 Å². The standard InChI is InChI=1S/C15H12BrClF2/c1-9-11(3-2-4-12(9)16)13(17)7-10-5-6-14(18)15(19)8-10/h2-6,8,13H,7H2,1H3. The average molecular weight is 346 g/mol. The molecule has 0 aliphatic rings. The van der Waals surface area contributed by atoms with Gasteiger partial charge in [0, 0.05) is 4.47 Å². The van der Waals surface area contributed by atoms with E-state index in [-0.39, 0.29) is 5.38 Å². The molecule has 19 heavy (non-hydrogen) atoms. The highest BCUT2D eigenvalue weighted by atomic mass is 79.9. The minimum atomic E-state index is -0.840. The third-order valence-electron chi connectivity index (χ3n) is 3.05. The number of benzene rings is 2. The topological polar surface area (TPSA) is 0 Å². The fourth-order valence-electron chi connectivity index (χ4n) is 1.95. The highest BCUT2D eigenvalue weighted by Crippen LogP contribution is 2.31. The maximum absolute atomic E-state index is 13.1. The molecule has 0 saturated heterocycles. The molecule has 0 amide bonds. The van der Waals surface area contributed by atoms with Gasteiger partial charge in [-0.15, -0.1) is 11.6 Å². The summed E-state index contributed by atoms with van der Waals surface area (Å²) in [6, 6.07) is 9.67. The molecule has 0 spiro atoms. The fourth-order valence-corrected chi connectivity index (χ4v) is 2.74. The van der Waals surface area contributed by atoms with Crippen LogP contribution in [0, 0.1) is 18.6 Å². The summed E-state index contributed by atoms with van der Waals surface area (Å²) in [5, 5.41) is -0.276. The summed E-state index contributed by atoms with van der Waals surface area (Å²) in [5.41, 5.74) is 2.73. The van der Waals surface area contributed by atoms with Gasteiger partial charge in [-0.25, -0.2) is 8.78 Å². The van der Waals surface area contributed by atoms with E-state index in [0.29, 0.717) is 12.0 Å². The number of hydrogen-bond donors (Lipinski definition) is 0. The quantitative estimate of drug-likeness (QED) is 0.639. The third-order valence-corrected chi connectivity index (χ3v) is 4.29. The molecule has 0 heterocycles. The van der Waals surface area contributed by atoms with Gasteiger partial charge in [0.05, 0.1) is 5.38 Å². The molecule has 2 aromatic carbocycles. The molecule has 0 aliphatic heterocycles. The van der Waals surface area contributed by atoms with Crippen LogP contribution in [0.3, 0.4) is 0 Å². The summed E-state index contributed by atoms with van der Waals surface area (Å²) >= 11 is 9.83. The monoisotopic (exact) mass is 344 g/mol. The van der Waals surface area contributed by atoms with Crippen LogP contribution in [0.4, 0.5) is 8.78 Å². The van der Waals surface area contributed by atoms with Crippen molar-refractivity contribution in [2.75, 3.05) is 0 Å². The van der Waals surface area contributed by atoms with E-state index in [1.165, 1.54) is 6.07 Å². The summed E-state index contributed by atoms with van der Waals surface area (Å²) in [4.78, 5) is 0. The zero-order chi connectivity index (χ0) is 14.0. The smallest absolute Gasteiger partial charge is 0.159 e. The van der Waals surface area contributed by atoms with E-state index in [1.54, 1.807) is 6.07 Å². The molecule has 0 bridgehead atoms. The van der Waals surface area contributed by atoms with Crippen LogP contribution in [0.1, 0.15) is 22.1 Å². The fraction of sp³-hybridized carbons (Fsp3) is 0.200. The SMILES string of the molecule is Cc1c(Br)cccc1C(Cl)Cc1ccc(F)c(F)c1. The van der Waals surface area contributed by atoms with Crippen molar-refractivity contribution in [2.45, 2.75) is 18.7 Å². The van der Waals surface area contributed by atoms with Gasteiger partial charge in [-0.3, -0.25) is 0 Å². The Labute approximate surface area is 124 Å². The van der Waals surface area contributed by atoms with Crippen LogP contribution >= 0.6 is 27.5 Å². The maximum Gasteiger partial charge on any atom is 0.159 e. The molecule has 0 radical (unpaired) electrons. The third kappa shape index (κ3) is 3.34. The zero-order valence-electron chi connectivity index (χ0n) is 10.3. The van der Waals surface area contributed by atoms with Gasteiger partial charge in [0.15, 0.2) is 11.6 Å². The van der Waals surface area contributed by atoms with E-state index in [0.717, 1.165) is 21.7 Å². The first-order valence-corrected chi connectivity index (χ1v) is 7.05. The van der Waals surface area contributed by atoms with E-state index in [1.807, 2.05) is 25.1 Å². The van der Waals surface area contributed by atoms with Crippen molar-refractivity contribution in [1.82, 2.24) is 0 Å². The van der Waals surface area contributed by atoms with Crippen molar-refractivity contribution in [1.29, 1.82) is 0 Å². The maximum atomic E-state index is 13.1. The number of alkyl halides is 1. The number of hydrogen-bond acceptors (Lipinski definition) is 0. The second-order valence-corrected chi connectivity index (χ2v) is 5.76. The van der Waals surface area contributed by atoms with E-state index in [4.69, 9.17) is 11.6 Å². The van der Waals surface area contributed by atoms with Gasteiger partial charge < -0.3 is 0 Å². The second kappa shape index (κ2) is 6.02. The summed E-state index contributed by atoms with van der Waals surface area (Å²) < 4.78 is 27.0. The van der Waals surface area contributed by atoms with Gasteiger partial charge in [-0.2, -0.15) is 0 Å². The zero-order valence-corrected chi connectivity index (χ0v) is 12.6. The molecule has 0 fully saturated rings. The molecule has 1 atom stereocenters. The lowest BCUT2D eigenvalue weighted by atomic mass is 10.00. The van der Waals surface area contributed by atoms with Gasteiger partial charge in [0.2, 0.25) is 0 Å². The van der Waals surface area contributed by atoms with E-state index in [2.05, 4.69) is 15.9 Å². The molecule has 4 heteroatoms. The Morgan fingerprint density at radius 2 is 1.89 bits per heavy atom. The van der Waals surface area contributed by atoms with Crippen LogP contribution in [0.5, 0.6) is 0 Å². The van der Waals surface area contributed by atoms with Crippen LogP contribution in [0.15, 0.2) is 40.9 Å². The van der Waals surface area contributed by atoms with Crippen LogP contribution < -0.4 is 0 Å². The first kappa shape index (κ1) is 14.5. The van der Waals surface area contributed by atoms with E-state index < -0.39 is 11.6 Å². The predicted octanol–water partition coefficient (Wildman–Crippen LogP) is 5.56.